The van der Waals surface area contributed by atoms with Gasteiger partial charge in [-0.05, 0) is 55.7 Å². The summed E-state index contributed by atoms with van der Waals surface area (Å²) in [6.45, 7) is 2.58. The van der Waals surface area contributed by atoms with E-state index in [1.165, 1.54) is 0 Å². The smallest absolute Gasteiger partial charge is 0.329 e. The lowest BCUT2D eigenvalue weighted by atomic mass is 10.2. The van der Waals surface area contributed by atoms with E-state index < -0.39 is 0 Å². The first-order valence-electron chi connectivity index (χ1n) is 10.9. The molecule has 0 radical (unpaired) electrons. The van der Waals surface area contributed by atoms with Gasteiger partial charge in [0.2, 0.25) is 5.95 Å². The van der Waals surface area contributed by atoms with Crippen LogP contribution in [0.5, 0.6) is 5.75 Å². The van der Waals surface area contributed by atoms with E-state index in [4.69, 9.17) is 5.73 Å². The number of anilines is 1. The van der Waals surface area contributed by atoms with Crippen molar-refractivity contribution in [2.24, 2.45) is 0 Å². The largest absolute Gasteiger partial charge is 0.506 e. The molecule has 0 aliphatic heterocycles. The van der Waals surface area contributed by atoms with Crippen molar-refractivity contribution >= 4 is 28.0 Å². The fraction of sp³-hybridized carbons (Fsp3) is 0.250. The molecule has 9 heteroatoms. The van der Waals surface area contributed by atoms with Gasteiger partial charge >= 0.3 is 5.69 Å². The fourth-order valence-corrected chi connectivity index (χ4v) is 4.47. The van der Waals surface area contributed by atoms with Crippen molar-refractivity contribution in [3.05, 3.63) is 76.2 Å². The SMILES string of the molecule is Cc1ccc(O)c(Cn2c(N)nc3ccc(Cn4c(=O)n(C5CC5)c5ccncc54)cc32)n1. The van der Waals surface area contributed by atoms with E-state index in [2.05, 4.69) is 15.0 Å². The Bertz CT molecular complexity index is 1590. The molecule has 0 amide bonds. The highest BCUT2D eigenvalue weighted by Gasteiger charge is 2.29. The van der Waals surface area contributed by atoms with Gasteiger partial charge in [0.25, 0.3) is 0 Å². The van der Waals surface area contributed by atoms with Crippen LogP contribution < -0.4 is 11.4 Å². The summed E-state index contributed by atoms with van der Waals surface area (Å²) < 4.78 is 5.50. The summed E-state index contributed by atoms with van der Waals surface area (Å²) in [5.74, 6) is 0.460. The van der Waals surface area contributed by atoms with Gasteiger partial charge in [-0.3, -0.25) is 19.1 Å². The van der Waals surface area contributed by atoms with Gasteiger partial charge in [0, 0.05) is 17.9 Å². The standard InChI is InChI=1S/C24H23N7O2/c1-14-2-7-22(32)18(27-14)13-29-20-10-15(3-6-17(20)28-23(29)25)12-30-21-11-26-9-8-19(21)31(24(30)33)16-4-5-16/h2-3,6-11,16,32H,4-5,12-13H2,1H3,(H2,25,28). The van der Waals surface area contributed by atoms with Crippen molar-refractivity contribution in [3.8, 4) is 5.75 Å². The number of nitrogens with two attached hydrogens (primary N) is 1. The van der Waals surface area contributed by atoms with Gasteiger partial charge in [-0.2, -0.15) is 0 Å². The molecule has 0 atom stereocenters. The van der Waals surface area contributed by atoms with Gasteiger partial charge in [-0.25, -0.2) is 9.78 Å². The molecule has 9 nitrogen and oxygen atoms in total. The van der Waals surface area contributed by atoms with E-state index in [9.17, 15) is 9.90 Å². The molecule has 0 saturated heterocycles. The van der Waals surface area contributed by atoms with Gasteiger partial charge in [0.1, 0.15) is 11.4 Å². The summed E-state index contributed by atoms with van der Waals surface area (Å²) in [6, 6.07) is 11.4. The molecule has 1 saturated carbocycles. The Morgan fingerprint density at radius 1 is 1.03 bits per heavy atom. The van der Waals surface area contributed by atoms with E-state index in [0.29, 0.717) is 24.7 Å². The second-order valence-corrected chi connectivity index (χ2v) is 8.63. The topological polar surface area (TPSA) is 117 Å². The van der Waals surface area contributed by atoms with E-state index >= 15 is 0 Å². The second kappa shape index (κ2) is 7.19. The van der Waals surface area contributed by atoms with Crippen LogP contribution in [0.4, 0.5) is 5.95 Å². The van der Waals surface area contributed by atoms with Crippen molar-refractivity contribution < 1.29 is 5.11 Å². The zero-order chi connectivity index (χ0) is 22.7. The van der Waals surface area contributed by atoms with Crippen molar-refractivity contribution in [2.45, 2.75) is 38.9 Å². The number of aromatic nitrogens is 6. The number of aryl methyl sites for hydroxylation is 1. The van der Waals surface area contributed by atoms with E-state index in [-0.39, 0.29) is 17.5 Å². The minimum atomic E-state index is -0.0116. The highest BCUT2D eigenvalue weighted by Crippen LogP contribution is 2.36. The molecule has 1 aliphatic carbocycles. The number of hydrogen-bond donors (Lipinski definition) is 2. The molecule has 4 heterocycles. The quantitative estimate of drug-likeness (QED) is 0.433. The Labute approximate surface area is 188 Å². The number of imidazole rings is 2. The molecule has 1 fully saturated rings. The molecule has 0 bridgehead atoms. The molecule has 5 aromatic rings. The van der Waals surface area contributed by atoms with E-state index in [0.717, 1.165) is 46.2 Å². The third kappa shape index (κ3) is 3.24. The maximum absolute atomic E-state index is 13.2. The van der Waals surface area contributed by atoms with Crippen molar-refractivity contribution in [3.63, 3.8) is 0 Å². The predicted molar refractivity (Wildman–Crippen MR) is 125 cm³/mol. The van der Waals surface area contributed by atoms with Crippen LogP contribution in [0, 0.1) is 6.92 Å². The zero-order valence-electron chi connectivity index (χ0n) is 18.1. The summed E-state index contributed by atoms with van der Waals surface area (Å²) in [6.07, 6.45) is 5.55. The number of aromatic hydroxyl groups is 1. The summed E-state index contributed by atoms with van der Waals surface area (Å²) in [5.41, 5.74) is 11.8. The maximum Gasteiger partial charge on any atom is 0.329 e. The summed E-state index contributed by atoms with van der Waals surface area (Å²) in [7, 11) is 0. The van der Waals surface area contributed by atoms with Crippen molar-refractivity contribution in [1.29, 1.82) is 0 Å². The summed E-state index contributed by atoms with van der Waals surface area (Å²) >= 11 is 0. The molecule has 1 aromatic carbocycles. The fourth-order valence-electron chi connectivity index (χ4n) is 4.47. The van der Waals surface area contributed by atoms with Gasteiger partial charge in [0.15, 0.2) is 0 Å². The first-order chi connectivity index (χ1) is 16.0. The molecule has 1 aliphatic rings. The minimum absolute atomic E-state index is 0.0116. The lowest BCUT2D eigenvalue weighted by Crippen LogP contribution is -2.24. The van der Waals surface area contributed by atoms with Crippen LogP contribution in [0.1, 0.15) is 35.8 Å². The average Bonchev–Trinajstić information content (AvgIpc) is 3.54. The van der Waals surface area contributed by atoms with Gasteiger partial charge in [-0.15, -0.1) is 0 Å². The van der Waals surface area contributed by atoms with Crippen LogP contribution >= 0.6 is 0 Å². The molecular formula is C24H23N7O2. The minimum Gasteiger partial charge on any atom is -0.506 e. The Balaban J connectivity index is 1.43. The number of hydrogen-bond acceptors (Lipinski definition) is 6. The van der Waals surface area contributed by atoms with Gasteiger partial charge < -0.3 is 15.4 Å². The molecule has 0 unspecified atom stereocenters. The average molecular weight is 441 g/mol. The van der Waals surface area contributed by atoms with Gasteiger partial charge in [0.05, 0.1) is 41.4 Å². The number of fused-ring (bicyclic) bond motifs is 2. The number of rotatable bonds is 5. The number of nitrogens with zero attached hydrogens (tertiary/aromatic N) is 6. The molecular weight excluding hydrogens is 418 g/mol. The summed E-state index contributed by atoms with van der Waals surface area (Å²) in [4.78, 5) is 26.4. The van der Waals surface area contributed by atoms with Crippen LogP contribution in [-0.4, -0.2) is 33.8 Å². The Kier molecular flexibility index (Phi) is 4.26. The second-order valence-electron chi connectivity index (χ2n) is 8.63. The Hall–Kier alpha value is -4.14. The molecule has 3 N–H and O–H groups in total. The Morgan fingerprint density at radius 2 is 1.88 bits per heavy atom. The molecule has 4 aromatic heterocycles. The van der Waals surface area contributed by atoms with Crippen LogP contribution in [0.25, 0.3) is 22.1 Å². The molecule has 6 rings (SSSR count). The van der Waals surface area contributed by atoms with Gasteiger partial charge in [-0.1, -0.05) is 6.07 Å². The van der Waals surface area contributed by atoms with E-state index in [1.807, 2.05) is 40.3 Å². The zero-order valence-corrected chi connectivity index (χ0v) is 18.1. The van der Waals surface area contributed by atoms with Crippen molar-refractivity contribution in [1.82, 2.24) is 28.7 Å². The normalized spacial score (nSPS) is 13.8. The highest BCUT2D eigenvalue weighted by molar-refractivity contribution is 5.79. The summed E-state index contributed by atoms with van der Waals surface area (Å²) in [5, 5.41) is 10.2. The van der Waals surface area contributed by atoms with Crippen LogP contribution in [0.15, 0.2) is 53.6 Å². The number of pyridine rings is 2. The molecule has 166 valence electrons. The maximum atomic E-state index is 13.2. The number of nitrogen functional groups attached to an aromatic ring is 1. The Morgan fingerprint density at radius 3 is 2.70 bits per heavy atom. The lowest BCUT2D eigenvalue weighted by molar-refractivity contribution is 0.461. The van der Waals surface area contributed by atoms with Crippen LogP contribution in [0.2, 0.25) is 0 Å². The first-order valence-corrected chi connectivity index (χ1v) is 10.9. The highest BCUT2D eigenvalue weighted by atomic mass is 16.3. The molecule has 33 heavy (non-hydrogen) atoms. The first kappa shape index (κ1) is 19.5. The predicted octanol–water partition coefficient (Wildman–Crippen LogP) is 2.97. The monoisotopic (exact) mass is 441 g/mol. The van der Waals surface area contributed by atoms with E-state index in [1.54, 1.807) is 29.1 Å². The van der Waals surface area contributed by atoms with Crippen LogP contribution in [-0.2, 0) is 13.1 Å². The number of benzene rings is 1. The third-order valence-corrected chi connectivity index (χ3v) is 6.26. The lowest BCUT2D eigenvalue weighted by Gasteiger charge is -2.10. The molecule has 0 spiro atoms. The third-order valence-electron chi connectivity index (χ3n) is 6.26. The van der Waals surface area contributed by atoms with Crippen molar-refractivity contribution in [2.75, 3.05) is 5.73 Å². The van der Waals surface area contributed by atoms with Crippen LogP contribution in [0.3, 0.4) is 0 Å².